The van der Waals surface area contributed by atoms with E-state index in [-0.39, 0.29) is 22.2 Å². The van der Waals surface area contributed by atoms with Gasteiger partial charge in [0.1, 0.15) is 22.7 Å². The van der Waals surface area contributed by atoms with E-state index in [1.165, 1.54) is 21.2 Å². The van der Waals surface area contributed by atoms with Gasteiger partial charge in [0.05, 0.1) is 12.4 Å². The molecule has 0 atom stereocenters. The van der Waals surface area contributed by atoms with Gasteiger partial charge in [-0.25, -0.2) is 9.97 Å². The van der Waals surface area contributed by atoms with Gasteiger partial charge in [-0.2, -0.15) is 0 Å². The Morgan fingerprint density at radius 3 is 1.62 bits per heavy atom. The minimum atomic E-state index is -0.259. The summed E-state index contributed by atoms with van der Waals surface area (Å²) in [6.45, 7) is 3.38. The summed E-state index contributed by atoms with van der Waals surface area (Å²) in [5.74, 6) is 1.02. The zero-order chi connectivity index (χ0) is 11.4. The molecule has 0 N–H and O–H groups in total. The van der Waals surface area contributed by atoms with Gasteiger partial charge in [0.25, 0.3) is 11.1 Å². The maximum absolute atomic E-state index is 12.1. The van der Waals surface area contributed by atoms with E-state index in [4.69, 9.17) is 0 Å². The number of aryl methyl sites for hydroxylation is 2. The number of rotatable bonds is 0. The Balaban J connectivity index is 2.83. The average Bonchev–Trinajstić information content (AvgIpc) is 2.80. The summed E-state index contributed by atoms with van der Waals surface area (Å²) < 4.78 is 2.64. The van der Waals surface area contributed by atoms with E-state index in [0.29, 0.717) is 11.6 Å². The van der Waals surface area contributed by atoms with Crippen LogP contribution in [0.2, 0.25) is 0 Å². The third kappa shape index (κ3) is 0.861. The molecule has 3 rings (SSSR count). The van der Waals surface area contributed by atoms with E-state index in [2.05, 4.69) is 9.97 Å². The van der Waals surface area contributed by atoms with E-state index < -0.39 is 0 Å². The van der Waals surface area contributed by atoms with Gasteiger partial charge in [-0.05, 0) is 13.8 Å². The highest BCUT2D eigenvalue weighted by atomic mass is 16.1. The lowest BCUT2D eigenvalue weighted by atomic mass is 10.5. The molecule has 6 heteroatoms. The molecule has 0 aromatic carbocycles. The molecule has 3 aromatic rings. The van der Waals surface area contributed by atoms with Gasteiger partial charge in [-0.3, -0.25) is 18.4 Å². The molecule has 3 heterocycles. The Labute approximate surface area is 89.2 Å². The molecule has 0 aliphatic rings. The molecular weight excluding hydrogens is 208 g/mol. The first-order valence-corrected chi connectivity index (χ1v) is 4.79. The quantitative estimate of drug-likeness (QED) is 0.520. The monoisotopic (exact) mass is 216 g/mol. The predicted molar refractivity (Wildman–Crippen MR) is 57.1 cm³/mol. The Morgan fingerprint density at radius 2 is 1.25 bits per heavy atom. The van der Waals surface area contributed by atoms with Crippen molar-refractivity contribution in [3.63, 3.8) is 0 Å². The maximum Gasteiger partial charge on any atom is 0.282 e. The number of aromatic nitrogens is 4. The number of hydrogen-bond acceptors (Lipinski definition) is 4. The highest BCUT2D eigenvalue weighted by molar-refractivity contribution is 5.53. The van der Waals surface area contributed by atoms with Crippen LogP contribution in [0.3, 0.4) is 0 Å². The van der Waals surface area contributed by atoms with E-state index in [9.17, 15) is 9.59 Å². The molecule has 0 aliphatic heterocycles. The molecule has 6 nitrogen and oxygen atoms in total. The minimum absolute atomic E-state index is 0.259. The normalized spacial score (nSPS) is 11.6. The molecule has 0 aliphatic carbocycles. The average molecular weight is 216 g/mol. The molecule has 0 amide bonds. The molecule has 3 aromatic heterocycles. The Bertz CT molecular complexity index is 745. The Kier molecular flexibility index (Phi) is 1.50. The van der Waals surface area contributed by atoms with Crippen molar-refractivity contribution in [3.05, 3.63) is 44.8 Å². The highest BCUT2D eigenvalue weighted by Gasteiger charge is 2.14. The zero-order valence-electron chi connectivity index (χ0n) is 8.76. The van der Waals surface area contributed by atoms with Gasteiger partial charge in [-0.15, -0.1) is 0 Å². The van der Waals surface area contributed by atoms with Crippen molar-refractivity contribution < 1.29 is 0 Å². The molecule has 0 spiro atoms. The van der Waals surface area contributed by atoms with Crippen LogP contribution in [-0.2, 0) is 0 Å². The van der Waals surface area contributed by atoms with Crippen LogP contribution in [0.4, 0.5) is 0 Å². The van der Waals surface area contributed by atoms with E-state index in [0.717, 1.165) is 0 Å². The lowest BCUT2D eigenvalue weighted by Gasteiger charge is -1.97. The van der Waals surface area contributed by atoms with Crippen molar-refractivity contribution in [2.24, 2.45) is 0 Å². The summed E-state index contributed by atoms with van der Waals surface area (Å²) in [4.78, 5) is 32.1. The fourth-order valence-electron chi connectivity index (χ4n) is 1.93. The predicted octanol–water partition coefficient (Wildman–Crippen LogP) is -0.243. The van der Waals surface area contributed by atoms with Crippen LogP contribution in [-0.4, -0.2) is 18.8 Å². The Morgan fingerprint density at radius 1 is 0.875 bits per heavy atom. The van der Waals surface area contributed by atoms with Crippen LogP contribution < -0.4 is 11.1 Å². The van der Waals surface area contributed by atoms with Gasteiger partial charge >= 0.3 is 0 Å². The summed E-state index contributed by atoms with van der Waals surface area (Å²) >= 11 is 0. The summed E-state index contributed by atoms with van der Waals surface area (Å²) in [5, 5.41) is 0. The van der Waals surface area contributed by atoms with Gasteiger partial charge in [0.15, 0.2) is 0 Å². The van der Waals surface area contributed by atoms with Crippen molar-refractivity contribution in [1.82, 2.24) is 18.8 Å². The lowest BCUT2D eigenvalue weighted by Crippen LogP contribution is -2.26. The molecule has 16 heavy (non-hydrogen) atoms. The number of hydrogen-bond donors (Lipinski definition) is 0. The van der Waals surface area contributed by atoms with Crippen molar-refractivity contribution in [3.8, 4) is 0 Å². The summed E-state index contributed by atoms with van der Waals surface area (Å²) in [5.41, 5.74) is 0.0580. The second kappa shape index (κ2) is 2.66. The topological polar surface area (TPSA) is 68.7 Å². The smallest absolute Gasteiger partial charge is 0.266 e. The van der Waals surface area contributed by atoms with Crippen LogP contribution in [0.15, 0.2) is 22.0 Å². The molecular formula is C10H8N4O2. The summed E-state index contributed by atoms with van der Waals surface area (Å²) in [6.07, 6.45) is 2.83. The molecule has 0 saturated carbocycles. The lowest BCUT2D eigenvalue weighted by molar-refractivity contribution is 0.944. The molecule has 0 saturated heterocycles. The highest BCUT2D eigenvalue weighted by Crippen LogP contribution is 2.02. The first-order valence-electron chi connectivity index (χ1n) is 4.79. The van der Waals surface area contributed by atoms with Crippen LogP contribution in [0.1, 0.15) is 11.6 Å². The van der Waals surface area contributed by atoms with Gasteiger partial charge in [0.2, 0.25) is 0 Å². The Hall–Kier alpha value is -2.24. The SMILES string of the molecule is Cc1ncc2c(=O)n3c(C)ncc3c(=O)n12. The first kappa shape index (κ1) is 9.02. The van der Waals surface area contributed by atoms with Gasteiger partial charge in [-0.1, -0.05) is 0 Å². The third-order valence-corrected chi connectivity index (χ3v) is 2.72. The van der Waals surface area contributed by atoms with E-state index in [1.807, 2.05) is 0 Å². The largest absolute Gasteiger partial charge is 0.282 e. The maximum atomic E-state index is 12.1. The van der Waals surface area contributed by atoms with E-state index in [1.54, 1.807) is 13.8 Å². The van der Waals surface area contributed by atoms with Crippen LogP contribution >= 0.6 is 0 Å². The van der Waals surface area contributed by atoms with Crippen molar-refractivity contribution in [2.45, 2.75) is 13.8 Å². The van der Waals surface area contributed by atoms with Crippen LogP contribution in [0.5, 0.6) is 0 Å². The fourth-order valence-corrected chi connectivity index (χ4v) is 1.93. The zero-order valence-corrected chi connectivity index (χ0v) is 8.76. The van der Waals surface area contributed by atoms with Crippen molar-refractivity contribution in [2.75, 3.05) is 0 Å². The second-order valence-electron chi connectivity index (χ2n) is 3.66. The molecule has 0 radical (unpaired) electrons. The molecule has 0 fully saturated rings. The van der Waals surface area contributed by atoms with Gasteiger partial charge < -0.3 is 0 Å². The van der Waals surface area contributed by atoms with Crippen molar-refractivity contribution in [1.29, 1.82) is 0 Å². The number of fused-ring (bicyclic) bond motifs is 2. The van der Waals surface area contributed by atoms with E-state index >= 15 is 0 Å². The standard InChI is InChI=1S/C10H8N4O2/c1-5-11-3-7-10(16)14-6(2)12-4-8(14)9(15)13(5)7/h3-4H,1-2H3. The summed E-state index contributed by atoms with van der Waals surface area (Å²) in [6, 6.07) is 0. The minimum Gasteiger partial charge on any atom is -0.266 e. The summed E-state index contributed by atoms with van der Waals surface area (Å²) in [7, 11) is 0. The number of nitrogens with zero attached hydrogens (tertiary/aromatic N) is 4. The number of imidazole rings is 2. The molecule has 0 bridgehead atoms. The van der Waals surface area contributed by atoms with Crippen LogP contribution in [0.25, 0.3) is 11.0 Å². The molecule has 80 valence electrons. The van der Waals surface area contributed by atoms with Crippen molar-refractivity contribution >= 4 is 11.0 Å². The third-order valence-electron chi connectivity index (χ3n) is 2.72. The van der Waals surface area contributed by atoms with Crippen LogP contribution in [0, 0.1) is 13.8 Å². The molecule has 0 unspecified atom stereocenters. The van der Waals surface area contributed by atoms with Gasteiger partial charge in [0, 0.05) is 0 Å². The first-order chi connectivity index (χ1) is 7.61. The second-order valence-corrected chi connectivity index (χ2v) is 3.66. The fraction of sp³-hybridized carbons (Fsp3) is 0.200.